The summed E-state index contributed by atoms with van der Waals surface area (Å²) >= 11 is 0. The van der Waals surface area contributed by atoms with Crippen molar-refractivity contribution in [2.24, 2.45) is 10.8 Å². The lowest BCUT2D eigenvalue weighted by Gasteiger charge is -2.48. The highest BCUT2D eigenvalue weighted by atomic mass is 16.5. The highest BCUT2D eigenvalue weighted by Crippen LogP contribution is 2.51. The Morgan fingerprint density at radius 3 is 2.23 bits per heavy atom. The molecule has 0 aliphatic heterocycles. The van der Waals surface area contributed by atoms with Gasteiger partial charge in [-0.25, -0.2) is 0 Å². The number of ether oxygens (including phenoxy) is 1. The fraction of sp³-hybridized carbons (Fsp3) is 1.00. The number of hydrogen-bond donors (Lipinski definition) is 0. The number of rotatable bonds is 3. The van der Waals surface area contributed by atoms with Gasteiger partial charge < -0.3 is 4.74 Å². The van der Waals surface area contributed by atoms with Gasteiger partial charge in [0.15, 0.2) is 0 Å². The molecule has 0 aromatic heterocycles. The van der Waals surface area contributed by atoms with E-state index < -0.39 is 0 Å². The van der Waals surface area contributed by atoms with E-state index in [-0.39, 0.29) is 0 Å². The maximum atomic E-state index is 5.20. The van der Waals surface area contributed by atoms with Crippen molar-refractivity contribution < 1.29 is 4.74 Å². The third kappa shape index (κ3) is 2.25. The van der Waals surface area contributed by atoms with Gasteiger partial charge in [-0.15, -0.1) is 0 Å². The molecule has 1 aliphatic rings. The molecule has 1 heteroatoms. The summed E-state index contributed by atoms with van der Waals surface area (Å²) in [5.74, 6) is 0. The van der Waals surface area contributed by atoms with Crippen LogP contribution in [0.25, 0.3) is 0 Å². The van der Waals surface area contributed by atoms with Crippen molar-refractivity contribution in [3.63, 3.8) is 0 Å². The topological polar surface area (TPSA) is 9.23 Å². The molecule has 1 fully saturated rings. The monoisotopic (exact) mass is 184 g/mol. The van der Waals surface area contributed by atoms with Crippen molar-refractivity contribution in [1.29, 1.82) is 0 Å². The molecular formula is C12H24O. The molecule has 0 heterocycles. The van der Waals surface area contributed by atoms with Gasteiger partial charge in [0.2, 0.25) is 0 Å². The smallest absolute Gasteiger partial charge is 0.0467 e. The van der Waals surface area contributed by atoms with Crippen molar-refractivity contribution in [3.8, 4) is 0 Å². The molecule has 0 aromatic rings. The maximum absolute atomic E-state index is 5.20. The quantitative estimate of drug-likeness (QED) is 0.651. The second kappa shape index (κ2) is 4.00. The fourth-order valence-corrected chi connectivity index (χ4v) is 2.51. The van der Waals surface area contributed by atoms with Crippen molar-refractivity contribution in [1.82, 2.24) is 0 Å². The predicted octanol–water partition coefficient (Wildman–Crippen LogP) is 3.63. The molecule has 0 unspecified atom stereocenters. The van der Waals surface area contributed by atoms with Crippen LogP contribution in [0.15, 0.2) is 0 Å². The molecule has 1 aliphatic carbocycles. The minimum absolute atomic E-state index is 0.501. The molecule has 78 valence electrons. The molecule has 0 N–H and O–H groups in total. The summed E-state index contributed by atoms with van der Waals surface area (Å²) < 4.78 is 5.20. The molecule has 1 saturated carbocycles. The van der Waals surface area contributed by atoms with E-state index in [2.05, 4.69) is 20.8 Å². The number of hydrogen-bond acceptors (Lipinski definition) is 1. The van der Waals surface area contributed by atoms with Gasteiger partial charge in [-0.05, 0) is 30.1 Å². The SMILES string of the molecule is COCC[C@]1(C)CCCCC1(C)C. The first-order valence-corrected chi connectivity index (χ1v) is 5.51. The summed E-state index contributed by atoms with van der Waals surface area (Å²) in [7, 11) is 1.80. The Balaban J connectivity index is 2.60. The Bertz CT molecular complexity index is 163. The summed E-state index contributed by atoms with van der Waals surface area (Å²) in [4.78, 5) is 0. The van der Waals surface area contributed by atoms with E-state index in [1.54, 1.807) is 7.11 Å². The highest BCUT2D eigenvalue weighted by Gasteiger charge is 2.41. The third-order valence-electron chi connectivity index (χ3n) is 4.27. The van der Waals surface area contributed by atoms with Crippen LogP contribution >= 0.6 is 0 Å². The standard InChI is InChI=1S/C12H24O/c1-11(2)7-5-6-8-12(11,3)9-10-13-4/h5-10H2,1-4H3/t12-/m0/s1. The Hall–Kier alpha value is -0.0400. The first-order valence-electron chi connectivity index (χ1n) is 5.51. The van der Waals surface area contributed by atoms with Crippen molar-refractivity contribution in [3.05, 3.63) is 0 Å². The van der Waals surface area contributed by atoms with Gasteiger partial charge in [0.1, 0.15) is 0 Å². The summed E-state index contributed by atoms with van der Waals surface area (Å²) in [5.41, 5.74) is 1.00. The minimum Gasteiger partial charge on any atom is -0.385 e. The van der Waals surface area contributed by atoms with Gasteiger partial charge in [0.05, 0.1) is 0 Å². The van der Waals surface area contributed by atoms with Crippen molar-refractivity contribution in [2.75, 3.05) is 13.7 Å². The lowest BCUT2D eigenvalue weighted by Crippen LogP contribution is -2.39. The van der Waals surface area contributed by atoms with Gasteiger partial charge in [-0.2, -0.15) is 0 Å². The maximum Gasteiger partial charge on any atom is 0.0467 e. The van der Waals surface area contributed by atoms with E-state index >= 15 is 0 Å². The molecule has 0 spiro atoms. The van der Waals surface area contributed by atoms with E-state index in [9.17, 15) is 0 Å². The van der Waals surface area contributed by atoms with Crippen molar-refractivity contribution >= 4 is 0 Å². The molecule has 0 aromatic carbocycles. The van der Waals surface area contributed by atoms with E-state index in [1.165, 1.54) is 32.1 Å². The van der Waals surface area contributed by atoms with Gasteiger partial charge >= 0.3 is 0 Å². The summed E-state index contributed by atoms with van der Waals surface area (Å²) in [6.07, 6.45) is 6.80. The lowest BCUT2D eigenvalue weighted by atomic mass is 9.57. The van der Waals surface area contributed by atoms with Gasteiger partial charge in [-0.3, -0.25) is 0 Å². The summed E-state index contributed by atoms with van der Waals surface area (Å²) in [5, 5.41) is 0. The zero-order valence-corrected chi connectivity index (χ0v) is 9.65. The van der Waals surface area contributed by atoms with Crippen LogP contribution in [0.2, 0.25) is 0 Å². The highest BCUT2D eigenvalue weighted by molar-refractivity contribution is 4.92. The summed E-state index contributed by atoms with van der Waals surface area (Å²) in [6.45, 7) is 8.19. The normalized spacial score (nSPS) is 33.2. The molecule has 1 atom stereocenters. The van der Waals surface area contributed by atoms with Crippen LogP contribution in [0.4, 0.5) is 0 Å². The van der Waals surface area contributed by atoms with Crippen LogP contribution in [0.3, 0.4) is 0 Å². The van der Waals surface area contributed by atoms with E-state index in [1.807, 2.05) is 0 Å². The average Bonchev–Trinajstić information content (AvgIpc) is 2.07. The van der Waals surface area contributed by atoms with Crippen LogP contribution in [-0.2, 0) is 4.74 Å². The van der Waals surface area contributed by atoms with E-state index in [0.29, 0.717) is 10.8 Å². The first kappa shape index (κ1) is 11.0. The molecule has 0 amide bonds. The van der Waals surface area contributed by atoms with Gasteiger partial charge in [0.25, 0.3) is 0 Å². The van der Waals surface area contributed by atoms with Crippen LogP contribution in [-0.4, -0.2) is 13.7 Å². The molecule has 1 nitrogen and oxygen atoms in total. The molecule has 1 rings (SSSR count). The van der Waals surface area contributed by atoms with Crippen molar-refractivity contribution in [2.45, 2.75) is 52.9 Å². The first-order chi connectivity index (χ1) is 6.02. The second-order valence-electron chi connectivity index (χ2n) is 5.39. The van der Waals surface area contributed by atoms with E-state index in [0.717, 1.165) is 6.61 Å². The number of methoxy groups -OCH3 is 1. The van der Waals surface area contributed by atoms with Crippen LogP contribution in [0, 0.1) is 10.8 Å². The van der Waals surface area contributed by atoms with Gasteiger partial charge in [0, 0.05) is 13.7 Å². The summed E-state index contributed by atoms with van der Waals surface area (Å²) in [6, 6.07) is 0. The van der Waals surface area contributed by atoms with Crippen LogP contribution < -0.4 is 0 Å². The Morgan fingerprint density at radius 2 is 1.69 bits per heavy atom. The van der Waals surface area contributed by atoms with Crippen LogP contribution in [0.1, 0.15) is 52.9 Å². The van der Waals surface area contributed by atoms with Gasteiger partial charge in [-0.1, -0.05) is 33.6 Å². The lowest BCUT2D eigenvalue weighted by molar-refractivity contribution is 0.00329. The average molecular weight is 184 g/mol. The zero-order chi connectivity index (χ0) is 9.95. The Kier molecular flexibility index (Phi) is 3.39. The molecule has 0 bridgehead atoms. The van der Waals surface area contributed by atoms with Crippen LogP contribution in [0.5, 0.6) is 0 Å². The fourth-order valence-electron chi connectivity index (χ4n) is 2.51. The predicted molar refractivity (Wildman–Crippen MR) is 56.8 cm³/mol. The Labute approximate surface area is 82.9 Å². The largest absolute Gasteiger partial charge is 0.385 e. The molecule has 0 saturated heterocycles. The minimum atomic E-state index is 0.501. The molecule has 13 heavy (non-hydrogen) atoms. The molecule has 0 radical (unpaired) electrons. The second-order valence-corrected chi connectivity index (χ2v) is 5.39. The zero-order valence-electron chi connectivity index (χ0n) is 9.65. The Morgan fingerprint density at radius 1 is 1.08 bits per heavy atom. The molecular weight excluding hydrogens is 160 g/mol. The van der Waals surface area contributed by atoms with E-state index in [4.69, 9.17) is 4.74 Å². The third-order valence-corrected chi connectivity index (χ3v) is 4.27.